The highest BCUT2D eigenvalue weighted by molar-refractivity contribution is 5.57. The molecule has 1 saturated carbocycles. The van der Waals surface area contributed by atoms with E-state index in [1.807, 2.05) is 31.4 Å². The standard InChI is InChI=1S/C16H20N4/c1-17-14-4-2-13(3-5-14)16-19-11-8-15(20-16)12-6-9-18-10-7-12/h6-11,13-14,17H,2-5H2,1H3. The van der Waals surface area contributed by atoms with Gasteiger partial charge in [-0.05, 0) is 50.9 Å². The summed E-state index contributed by atoms with van der Waals surface area (Å²) in [5.74, 6) is 1.50. The van der Waals surface area contributed by atoms with Crippen molar-refractivity contribution in [1.82, 2.24) is 20.3 Å². The third kappa shape index (κ3) is 2.85. The van der Waals surface area contributed by atoms with E-state index in [2.05, 4.69) is 15.3 Å². The minimum atomic E-state index is 0.501. The molecular weight excluding hydrogens is 248 g/mol. The van der Waals surface area contributed by atoms with E-state index < -0.39 is 0 Å². The van der Waals surface area contributed by atoms with Crippen LogP contribution in [0.15, 0.2) is 36.8 Å². The van der Waals surface area contributed by atoms with Crippen molar-refractivity contribution in [3.8, 4) is 11.3 Å². The number of hydrogen-bond acceptors (Lipinski definition) is 4. The largest absolute Gasteiger partial charge is 0.317 e. The molecule has 0 aliphatic heterocycles. The molecule has 2 heterocycles. The van der Waals surface area contributed by atoms with E-state index in [1.54, 1.807) is 12.4 Å². The van der Waals surface area contributed by atoms with Gasteiger partial charge in [0.15, 0.2) is 0 Å². The predicted molar refractivity (Wildman–Crippen MR) is 79.3 cm³/mol. The maximum atomic E-state index is 4.76. The molecule has 0 bridgehead atoms. The maximum absolute atomic E-state index is 4.76. The van der Waals surface area contributed by atoms with E-state index in [-0.39, 0.29) is 0 Å². The highest BCUT2D eigenvalue weighted by Crippen LogP contribution is 2.31. The van der Waals surface area contributed by atoms with Crippen molar-refractivity contribution in [3.63, 3.8) is 0 Å². The third-order valence-electron chi connectivity index (χ3n) is 4.15. The van der Waals surface area contributed by atoms with E-state index in [0.29, 0.717) is 12.0 Å². The molecule has 0 saturated heterocycles. The first kappa shape index (κ1) is 13.2. The lowest BCUT2D eigenvalue weighted by Gasteiger charge is -2.27. The molecule has 1 aliphatic carbocycles. The molecule has 0 aromatic carbocycles. The summed E-state index contributed by atoms with van der Waals surface area (Å²) in [5.41, 5.74) is 2.10. The summed E-state index contributed by atoms with van der Waals surface area (Å²) in [5, 5.41) is 3.37. The molecular formula is C16H20N4. The van der Waals surface area contributed by atoms with Crippen molar-refractivity contribution in [2.75, 3.05) is 7.05 Å². The van der Waals surface area contributed by atoms with Crippen molar-refractivity contribution in [2.24, 2.45) is 0 Å². The molecule has 0 atom stereocenters. The van der Waals surface area contributed by atoms with Crippen LogP contribution in [-0.2, 0) is 0 Å². The van der Waals surface area contributed by atoms with Gasteiger partial charge in [0.1, 0.15) is 5.82 Å². The summed E-state index contributed by atoms with van der Waals surface area (Å²) >= 11 is 0. The summed E-state index contributed by atoms with van der Waals surface area (Å²) in [6.45, 7) is 0. The van der Waals surface area contributed by atoms with Crippen LogP contribution in [0.5, 0.6) is 0 Å². The van der Waals surface area contributed by atoms with Crippen LogP contribution in [0.4, 0.5) is 0 Å². The molecule has 3 rings (SSSR count). The molecule has 20 heavy (non-hydrogen) atoms. The number of aromatic nitrogens is 3. The number of rotatable bonds is 3. The van der Waals surface area contributed by atoms with Crippen molar-refractivity contribution in [1.29, 1.82) is 0 Å². The minimum Gasteiger partial charge on any atom is -0.317 e. The van der Waals surface area contributed by atoms with Gasteiger partial charge in [-0.3, -0.25) is 4.98 Å². The molecule has 1 N–H and O–H groups in total. The topological polar surface area (TPSA) is 50.7 Å². The summed E-state index contributed by atoms with van der Waals surface area (Å²) in [4.78, 5) is 13.3. The Kier molecular flexibility index (Phi) is 4.02. The second-order valence-electron chi connectivity index (χ2n) is 5.37. The van der Waals surface area contributed by atoms with Gasteiger partial charge in [0.25, 0.3) is 0 Å². The van der Waals surface area contributed by atoms with Gasteiger partial charge in [-0.25, -0.2) is 9.97 Å². The zero-order valence-electron chi connectivity index (χ0n) is 11.8. The first-order valence-electron chi connectivity index (χ1n) is 7.27. The van der Waals surface area contributed by atoms with E-state index in [1.165, 1.54) is 25.7 Å². The monoisotopic (exact) mass is 268 g/mol. The molecule has 1 aliphatic rings. The summed E-state index contributed by atoms with van der Waals surface area (Å²) in [7, 11) is 2.05. The van der Waals surface area contributed by atoms with Crippen LogP contribution >= 0.6 is 0 Å². The van der Waals surface area contributed by atoms with E-state index in [4.69, 9.17) is 4.98 Å². The van der Waals surface area contributed by atoms with Crippen LogP contribution in [-0.4, -0.2) is 28.0 Å². The van der Waals surface area contributed by atoms with Gasteiger partial charge in [-0.2, -0.15) is 0 Å². The number of nitrogens with one attached hydrogen (secondary N) is 1. The Balaban J connectivity index is 1.78. The lowest BCUT2D eigenvalue weighted by Crippen LogP contribution is -2.29. The fourth-order valence-corrected chi connectivity index (χ4v) is 2.89. The van der Waals surface area contributed by atoms with Crippen LogP contribution < -0.4 is 5.32 Å². The van der Waals surface area contributed by atoms with Gasteiger partial charge in [-0.15, -0.1) is 0 Å². The Morgan fingerprint density at radius 3 is 2.45 bits per heavy atom. The Bertz CT molecular complexity index is 547. The van der Waals surface area contributed by atoms with Gasteiger partial charge in [-0.1, -0.05) is 0 Å². The molecule has 0 spiro atoms. The van der Waals surface area contributed by atoms with Crippen molar-refractivity contribution < 1.29 is 0 Å². The Morgan fingerprint density at radius 2 is 1.75 bits per heavy atom. The molecule has 104 valence electrons. The van der Waals surface area contributed by atoms with Crippen LogP contribution in [0.2, 0.25) is 0 Å². The van der Waals surface area contributed by atoms with Crippen molar-refractivity contribution in [3.05, 3.63) is 42.6 Å². The lowest BCUT2D eigenvalue weighted by molar-refractivity contribution is 0.350. The molecule has 4 nitrogen and oxygen atoms in total. The molecule has 2 aromatic heterocycles. The highest BCUT2D eigenvalue weighted by Gasteiger charge is 2.23. The average Bonchev–Trinajstić information content (AvgIpc) is 2.56. The number of nitrogens with zero attached hydrogens (tertiary/aromatic N) is 3. The minimum absolute atomic E-state index is 0.501. The molecule has 0 unspecified atom stereocenters. The molecule has 2 aromatic rings. The first-order valence-corrected chi connectivity index (χ1v) is 7.27. The molecule has 0 amide bonds. The summed E-state index contributed by atoms with van der Waals surface area (Å²) in [6, 6.07) is 6.61. The van der Waals surface area contributed by atoms with E-state index in [0.717, 1.165) is 17.1 Å². The Morgan fingerprint density at radius 1 is 1.00 bits per heavy atom. The quantitative estimate of drug-likeness (QED) is 0.930. The first-order chi connectivity index (χ1) is 9.86. The normalized spacial score (nSPS) is 22.6. The van der Waals surface area contributed by atoms with Crippen LogP contribution in [0.1, 0.15) is 37.4 Å². The third-order valence-corrected chi connectivity index (χ3v) is 4.15. The predicted octanol–water partition coefficient (Wildman–Crippen LogP) is 2.78. The van der Waals surface area contributed by atoms with E-state index in [9.17, 15) is 0 Å². The second-order valence-corrected chi connectivity index (χ2v) is 5.37. The maximum Gasteiger partial charge on any atom is 0.132 e. The zero-order chi connectivity index (χ0) is 13.8. The van der Waals surface area contributed by atoms with Crippen LogP contribution in [0.3, 0.4) is 0 Å². The second kappa shape index (κ2) is 6.09. The lowest BCUT2D eigenvalue weighted by atomic mass is 9.85. The van der Waals surface area contributed by atoms with Gasteiger partial charge < -0.3 is 5.32 Å². The Hall–Kier alpha value is -1.81. The number of pyridine rings is 1. The van der Waals surface area contributed by atoms with Crippen LogP contribution in [0, 0.1) is 0 Å². The summed E-state index contributed by atoms with van der Waals surface area (Å²) < 4.78 is 0. The zero-order valence-corrected chi connectivity index (χ0v) is 11.8. The fourth-order valence-electron chi connectivity index (χ4n) is 2.89. The van der Waals surface area contributed by atoms with Gasteiger partial charge >= 0.3 is 0 Å². The van der Waals surface area contributed by atoms with Gasteiger partial charge in [0.05, 0.1) is 5.69 Å². The fraction of sp³-hybridized carbons (Fsp3) is 0.438. The average molecular weight is 268 g/mol. The molecule has 4 heteroatoms. The number of hydrogen-bond donors (Lipinski definition) is 1. The summed E-state index contributed by atoms with van der Waals surface area (Å²) in [6.07, 6.45) is 10.2. The van der Waals surface area contributed by atoms with Crippen molar-refractivity contribution in [2.45, 2.75) is 37.6 Å². The Labute approximate surface area is 119 Å². The smallest absolute Gasteiger partial charge is 0.132 e. The molecule has 1 fully saturated rings. The van der Waals surface area contributed by atoms with Gasteiger partial charge in [0.2, 0.25) is 0 Å². The SMILES string of the molecule is CNC1CCC(c2nccc(-c3ccncc3)n2)CC1. The molecule has 0 radical (unpaired) electrons. The van der Waals surface area contributed by atoms with Crippen molar-refractivity contribution >= 4 is 0 Å². The van der Waals surface area contributed by atoms with Crippen LogP contribution in [0.25, 0.3) is 11.3 Å². The van der Waals surface area contributed by atoms with E-state index >= 15 is 0 Å². The van der Waals surface area contributed by atoms with Gasteiger partial charge in [0, 0.05) is 36.1 Å². The highest BCUT2D eigenvalue weighted by atomic mass is 14.9.